The molecule has 0 amide bonds. The number of carboxylic acids is 1. The Balaban J connectivity index is 2.36. The molecule has 2 rings (SSSR count). The largest absolute Gasteiger partial charge is 0.522 e. The highest BCUT2D eigenvalue weighted by atomic mass is 19.4. The number of hydrogen-bond acceptors (Lipinski definition) is 2. The Morgan fingerprint density at radius 3 is 2.70 bits per heavy atom. The van der Waals surface area contributed by atoms with Crippen LogP contribution in [0, 0.1) is 6.92 Å². The van der Waals surface area contributed by atoms with Gasteiger partial charge in [-0.05, 0) is 12.5 Å². The molecule has 1 aromatic heterocycles. The lowest BCUT2D eigenvalue weighted by atomic mass is 10.1. The summed E-state index contributed by atoms with van der Waals surface area (Å²) in [6.45, 7) is 1.13. The van der Waals surface area contributed by atoms with E-state index in [1.165, 1.54) is 10.8 Å². The van der Waals surface area contributed by atoms with E-state index in [4.69, 9.17) is 5.11 Å². The average molecular weight is 287 g/mol. The summed E-state index contributed by atoms with van der Waals surface area (Å²) >= 11 is 0. The molecular weight excluding hydrogens is 275 g/mol. The fourth-order valence-electron chi connectivity index (χ4n) is 2.15. The minimum absolute atomic E-state index is 0.0655. The molecule has 0 aliphatic carbocycles. The third kappa shape index (κ3) is 2.93. The van der Waals surface area contributed by atoms with Gasteiger partial charge in [0, 0.05) is 18.1 Å². The van der Waals surface area contributed by atoms with E-state index in [0.717, 1.165) is 5.56 Å². The maximum absolute atomic E-state index is 12.0. The first kappa shape index (κ1) is 14.4. The molecule has 0 aliphatic heterocycles. The van der Waals surface area contributed by atoms with Crippen LogP contribution in [-0.4, -0.2) is 28.6 Å². The van der Waals surface area contributed by atoms with Crippen LogP contribution in [0.15, 0.2) is 24.4 Å². The van der Waals surface area contributed by atoms with Crippen LogP contribution in [-0.2, 0) is 11.3 Å². The highest BCUT2D eigenvalue weighted by Gasteiger charge is 2.28. The number of rotatable bonds is 4. The Morgan fingerprint density at radius 1 is 1.40 bits per heavy atom. The summed E-state index contributed by atoms with van der Waals surface area (Å²) in [5, 5.41) is 9.62. The summed E-state index contributed by atoms with van der Waals surface area (Å²) in [6, 6.07) is 5.11. The first-order valence-electron chi connectivity index (χ1n) is 5.82. The second kappa shape index (κ2) is 5.16. The van der Waals surface area contributed by atoms with Gasteiger partial charge in [-0.1, -0.05) is 18.2 Å². The first-order chi connectivity index (χ1) is 9.29. The molecule has 0 unspecified atom stereocenters. The normalized spacial score (nSPS) is 12.0. The Morgan fingerprint density at radius 2 is 2.10 bits per heavy atom. The average Bonchev–Trinajstić information content (AvgIpc) is 2.68. The summed E-state index contributed by atoms with van der Waals surface area (Å²) < 4.78 is 41.1. The van der Waals surface area contributed by atoms with Gasteiger partial charge in [-0.2, -0.15) is 0 Å². The van der Waals surface area contributed by atoms with E-state index in [2.05, 4.69) is 4.74 Å². The van der Waals surface area contributed by atoms with Gasteiger partial charge in [-0.25, -0.2) is 4.79 Å². The molecule has 0 atom stereocenters. The highest BCUT2D eigenvalue weighted by molar-refractivity contribution is 6.04. The van der Waals surface area contributed by atoms with E-state index < -0.39 is 18.9 Å². The summed E-state index contributed by atoms with van der Waals surface area (Å²) in [5.74, 6) is -1.11. The van der Waals surface area contributed by atoms with Crippen LogP contribution < -0.4 is 0 Å². The van der Waals surface area contributed by atoms with Gasteiger partial charge in [0.25, 0.3) is 0 Å². The maximum atomic E-state index is 12.0. The quantitative estimate of drug-likeness (QED) is 0.939. The fourth-order valence-corrected chi connectivity index (χ4v) is 2.15. The summed E-state index contributed by atoms with van der Waals surface area (Å²) in [5.41, 5.74) is 1.47. The van der Waals surface area contributed by atoms with Crippen molar-refractivity contribution in [1.29, 1.82) is 0 Å². The molecule has 7 heteroatoms. The number of ether oxygens (including phenoxy) is 1. The zero-order valence-corrected chi connectivity index (χ0v) is 10.6. The Bertz CT molecular complexity index is 646. The monoisotopic (exact) mass is 287 g/mol. The Hall–Kier alpha value is -2.02. The van der Waals surface area contributed by atoms with Crippen molar-refractivity contribution in [2.24, 2.45) is 0 Å². The first-order valence-corrected chi connectivity index (χ1v) is 5.82. The molecule has 1 aromatic carbocycles. The van der Waals surface area contributed by atoms with Gasteiger partial charge in [-0.3, -0.25) is 4.74 Å². The Kier molecular flexibility index (Phi) is 3.71. The van der Waals surface area contributed by atoms with E-state index in [-0.39, 0.29) is 12.1 Å². The number of fused-ring (bicyclic) bond motifs is 1. The van der Waals surface area contributed by atoms with Gasteiger partial charge < -0.3 is 9.67 Å². The smallest absolute Gasteiger partial charge is 0.478 e. The maximum Gasteiger partial charge on any atom is 0.522 e. The molecular formula is C13H12F3NO3. The van der Waals surface area contributed by atoms with Crippen LogP contribution in [0.4, 0.5) is 13.2 Å². The number of carboxylic acid groups (broad SMARTS) is 1. The van der Waals surface area contributed by atoms with Crippen molar-refractivity contribution in [1.82, 2.24) is 4.57 Å². The van der Waals surface area contributed by atoms with Gasteiger partial charge in [-0.15, -0.1) is 13.2 Å². The molecule has 1 heterocycles. The summed E-state index contributed by atoms with van der Waals surface area (Å²) in [6.07, 6.45) is -3.35. The van der Waals surface area contributed by atoms with Crippen LogP contribution in [0.5, 0.6) is 0 Å². The number of halogens is 3. The highest BCUT2D eigenvalue weighted by Crippen LogP contribution is 2.25. The van der Waals surface area contributed by atoms with Gasteiger partial charge in [0.05, 0.1) is 17.7 Å². The fraction of sp³-hybridized carbons (Fsp3) is 0.308. The topological polar surface area (TPSA) is 51.5 Å². The van der Waals surface area contributed by atoms with E-state index >= 15 is 0 Å². The predicted molar refractivity (Wildman–Crippen MR) is 65.6 cm³/mol. The molecule has 1 N–H and O–H groups in total. The van der Waals surface area contributed by atoms with E-state index in [9.17, 15) is 18.0 Å². The second-order valence-electron chi connectivity index (χ2n) is 4.31. The number of aryl methyl sites for hydroxylation is 1. The van der Waals surface area contributed by atoms with Gasteiger partial charge >= 0.3 is 12.3 Å². The number of para-hydroxylation sites is 1. The third-order valence-electron chi connectivity index (χ3n) is 2.93. The van der Waals surface area contributed by atoms with Crippen molar-refractivity contribution in [3.8, 4) is 0 Å². The summed E-state index contributed by atoms with van der Waals surface area (Å²) in [7, 11) is 0. The number of hydrogen-bond donors (Lipinski definition) is 1. The van der Waals surface area contributed by atoms with Crippen LogP contribution >= 0.6 is 0 Å². The van der Waals surface area contributed by atoms with Crippen molar-refractivity contribution < 1.29 is 27.8 Å². The van der Waals surface area contributed by atoms with Crippen LogP contribution in [0.1, 0.15) is 15.9 Å². The second-order valence-corrected chi connectivity index (χ2v) is 4.31. The van der Waals surface area contributed by atoms with Gasteiger partial charge in [0.2, 0.25) is 0 Å². The molecule has 2 aromatic rings. The van der Waals surface area contributed by atoms with E-state index in [1.54, 1.807) is 25.1 Å². The van der Waals surface area contributed by atoms with Crippen molar-refractivity contribution in [2.75, 3.05) is 6.61 Å². The molecule has 0 bridgehead atoms. The zero-order valence-electron chi connectivity index (χ0n) is 10.6. The molecule has 108 valence electrons. The molecule has 0 spiro atoms. The standard InChI is InChI=1S/C13H12F3NO3/c1-8-3-2-4-9-10(12(18)19)7-17(11(8)9)5-6-20-13(14,15)16/h2-4,7H,5-6H2,1H3,(H,18,19). The van der Waals surface area contributed by atoms with Crippen LogP contribution in [0.2, 0.25) is 0 Å². The number of alkyl halides is 3. The number of aromatic nitrogens is 1. The molecule has 20 heavy (non-hydrogen) atoms. The van der Waals surface area contributed by atoms with Crippen molar-refractivity contribution in [3.05, 3.63) is 35.5 Å². The minimum atomic E-state index is -4.69. The number of nitrogens with zero attached hydrogens (tertiary/aromatic N) is 1. The van der Waals surface area contributed by atoms with Crippen LogP contribution in [0.25, 0.3) is 10.9 Å². The van der Waals surface area contributed by atoms with Gasteiger partial charge in [0.15, 0.2) is 0 Å². The number of aromatic carboxylic acids is 1. The molecule has 0 saturated heterocycles. The number of carbonyl (C=O) groups is 1. The lowest BCUT2D eigenvalue weighted by Gasteiger charge is -2.09. The molecule has 0 fully saturated rings. The lowest BCUT2D eigenvalue weighted by molar-refractivity contribution is -0.325. The third-order valence-corrected chi connectivity index (χ3v) is 2.93. The lowest BCUT2D eigenvalue weighted by Crippen LogP contribution is -2.17. The van der Waals surface area contributed by atoms with Crippen LogP contribution in [0.3, 0.4) is 0 Å². The molecule has 4 nitrogen and oxygen atoms in total. The van der Waals surface area contributed by atoms with E-state index in [1.807, 2.05) is 0 Å². The minimum Gasteiger partial charge on any atom is -0.478 e. The summed E-state index contributed by atoms with van der Waals surface area (Å²) in [4.78, 5) is 11.1. The SMILES string of the molecule is Cc1cccc2c(C(=O)O)cn(CCOC(F)(F)F)c12. The Labute approximate surface area is 112 Å². The van der Waals surface area contributed by atoms with Crippen molar-refractivity contribution in [2.45, 2.75) is 19.8 Å². The van der Waals surface area contributed by atoms with Crippen molar-refractivity contribution >= 4 is 16.9 Å². The van der Waals surface area contributed by atoms with Gasteiger partial charge in [0.1, 0.15) is 0 Å². The zero-order chi connectivity index (χ0) is 14.9. The van der Waals surface area contributed by atoms with Crippen molar-refractivity contribution in [3.63, 3.8) is 0 Å². The molecule has 0 saturated carbocycles. The number of benzene rings is 1. The van der Waals surface area contributed by atoms with E-state index in [0.29, 0.717) is 10.9 Å². The molecule has 0 aliphatic rings. The predicted octanol–water partition coefficient (Wildman–Crippen LogP) is 3.18. The molecule has 0 radical (unpaired) electrons.